The number of hydrogen-bond acceptors (Lipinski definition) is 6. The smallest absolute Gasteiger partial charge is 0.338 e. The normalized spacial score (nSPS) is 23.5. The Morgan fingerprint density at radius 1 is 0.974 bits per heavy atom. The number of carbonyl (C=O) groups is 1. The van der Waals surface area contributed by atoms with E-state index in [0.29, 0.717) is 5.56 Å². The van der Waals surface area contributed by atoms with E-state index in [9.17, 15) is 15.4 Å². The Labute approximate surface area is 230 Å². The third kappa shape index (κ3) is 5.93. The van der Waals surface area contributed by atoms with E-state index in [0.717, 1.165) is 10.4 Å². The van der Waals surface area contributed by atoms with Crippen LogP contribution in [0.25, 0.3) is 10.4 Å². The van der Waals surface area contributed by atoms with Gasteiger partial charge in [-0.3, -0.25) is 0 Å². The molecule has 9 heteroatoms. The van der Waals surface area contributed by atoms with E-state index >= 15 is 0 Å². The molecule has 3 aromatic carbocycles. The molecule has 8 nitrogen and oxygen atoms in total. The average Bonchev–Trinajstić information content (AvgIpc) is 2.94. The molecular weight excluding hydrogens is 510 g/mol. The van der Waals surface area contributed by atoms with Crippen molar-refractivity contribution in [2.45, 2.75) is 57.3 Å². The number of ether oxygens (including phenoxy) is 2. The summed E-state index contributed by atoms with van der Waals surface area (Å²) < 4.78 is 18.8. The number of aliphatic hydroxyl groups is 1. The lowest BCUT2D eigenvalue weighted by atomic mass is 9.91. The summed E-state index contributed by atoms with van der Waals surface area (Å²) in [7, 11) is -2.93. The minimum Gasteiger partial charge on any atom is -0.456 e. The van der Waals surface area contributed by atoms with Crippen LogP contribution in [0.3, 0.4) is 0 Å². The Bertz CT molecular complexity index is 1240. The van der Waals surface area contributed by atoms with Gasteiger partial charge in [-0.05, 0) is 33.1 Å². The number of benzene rings is 3. The third-order valence-corrected chi connectivity index (χ3v) is 12.3. The van der Waals surface area contributed by atoms with Crippen LogP contribution in [0.5, 0.6) is 0 Å². The molecule has 1 aliphatic heterocycles. The molecule has 1 N–H and O–H groups in total. The maximum absolute atomic E-state index is 12.9. The summed E-state index contributed by atoms with van der Waals surface area (Å²) in [5.41, 5.74) is 9.55. The molecule has 1 saturated heterocycles. The van der Waals surface area contributed by atoms with Crippen LogP contribution in [0.1, 0.15) is 38.1 Å². The van der Waals surface area contributed by atoms with E-state index in [1.165, 1.54) is 0 Å². The Morgan fingerprint density at radius 3 is 1.97 bits per heavy atom. The van der Waals surface area contributed by atoms with Gasteiger partial charge in [-0.25, -0.2) is 4.79 Å². The molecular formula is C30H35N3O5Si. The number of carbonyl (C=O) groups excluding carboxylic acids is 1. The molecule has 1 fully saturated rings. The maximum atomic E-state index is 12.9. The zero-order chi connectivity index (χ0) is 28.0. The van der Waals surface area contributed by atoms with Crippen LogP contribution >= 0.6 is 0 Å². The van der Waals surface area contributed by atoms with Crippen LogP contribution in [-0.2, 0) is 13.9 Å². The molecule has 0 aliphatic carbocycles. The second-order valence-corrected chi connectivity index (χ2v) is 15.1. The minimum absolute atomic E-state index is 0.0119. The van der Waals surface area contributed by atoms with E-state index in [-0.39, 0.29) is 11.6 Å². The van der Waals surface area contributed by atoms with Crippen molar-refractivity contribution in [2.75, 3.05) is 6.61 Å². The predicted molar refractivity (Wildman–Crippen MR) is 152 cm³/mol. The monoisotopic (exact) mass is 545 g/mol. The highest BCUT2D eigenvalue weighted by atomic mass is 28.4. The molecule has 1 heterocycles. The van der Waals surface area contributed by atoms with Crippen molar-refractivity contribution in [1.82, 2.24) is 0 Å². The summed E-state index contributed by atoms with van der Waals surface area (Å²) >= 11 is 0. The van der Waals surface area contributed by atoms with Crippen LogP contribution < -0.4 is 10.4 Å². The van der Waals surface area contributed by atoms with Crippen molar-refractivity contribution in [3.05, 3.63) is 107 Å². The van der Waals surface area contributed by atoms with Crippen molar-refractivity contribution < 1.29 is 23.8 Å². The van der Waals surface area contributed by atoms with Crippen LogP contribution in [0.4, 0.5) is 0 Å². The SMILES string of the molecule is CC1[C@H](N=[N+]=[N-])OC(CO[Si](c2ccccc2)(c2ccccc2)C(C)(C)C)[C@@H](O)[C@@H]1OC(=O)c1ccccc1. The first-order chi connectivity index (χ1) is 18.7. The van der Waals surface area contributed by atoms with Crippen LogP contribution in [-0.4, -0.2) is 50.5 Å². The Kier molecular flexibility index (Phi) is 8.89. The van der Waals surface area contributed by atoms with Gasteiger partial charge < -0.3 is 19.0 Å². The van der Waals surface area contributed by atoms with Gasteiger partial charge in [-0.2, -0.15) is 0 Å². The lowest BCUT2D eigenvalue weighted by molar-refractivity contribution is -0.202. The first-order valence-electron chi connectivity index (χ1n) is 13.1. The van der Waals surface area contributed by atoms with Crippen molar-refractivity contribution in [1.29, 1.82) is 0 Å². The quantitative estimate of drug-likeness (QED) is 0.143. The Balaban J connectivity index is 1.68. The molecule has 1 aliphatic rings. The van der Waals surface area contributed by atoms with Crippen LogP contribution in [0, 0.1) is 5.92 Å². The van der Waals surface area contributed by atoms with Gasteiger partial charge in [0.25, 0.3) is 8.32 Å². The molecule has 0 aromatic heterocycles. The number of nitrogens with zero attached hydrogens (tertiary/aromatic N) is 3. The van der Waals surface area contributed by atoms with Gasteiger partial charge in [0.05, 0.1) is 12.2 Å². The first kappa shape index (κ1) is 28.5. The lowest BCUT2D eigenvalue weighted by Crippen LogP contribution is -2.68. The summed E-state index contributed by atoms with van der Waals surface area (Å²) in [5, 5.41) is 17.1. The number of rotatable bonds is 8. The zero-order valence-electron chi connectivity index (χ0n) is 22.7. The highest BCUT2D eigenvalue weighted by Gasteiger charge is 2.52. The van der Waals surface area contributed by atoms with Crippen molar-refractivity contribution in [3.63, 3.8) is 0 Å². The second kappa shape index (κ2) is 12.2. The molecule has 39 heavy (non-hydrogen) atoms. The van der Waals surface area contributed by atoms with E-state index in [1.807, 2.05) is 36.4 Å². The lowest BCUT2D eigenvalue weighted by Gasteiger charge is -2.46. The summed E-state index contributed by atoms with van der Waals surface area (Å²) in [6.07, 6.45) is -4.00. The van der Waals surface area contributed by atoms with Crippen LogP contribution in [0.2, 0.25) is 5.04 Å². The van der Waals surface area contributed by atoms with Gasteiger partial charge in [0.15, 0.2) is 0 Å². The molecule has 0 spiro atoms. The number of azide groups is 1. The molecule has 0 saturated carbocycles. The van der Waals surface area contributed by atoms with E-state index < -0.39 is 44.7 Å². The maximum Gasteiger partial charge on any atom is 0.338 e. The molecule has 4 rings (SSSR count). The highest BCUT2D eigenvalue weighted by molar-refractivity contribution is 6.99. The fourth-order valence-corrected chi connectivity index (χ4v) is 9.87. The van der Waals surface area contributed by atoms with E-state index in [4.69, 9.17) is 13.9 Å². The Hall–Kier alpha value is -3.46. The minimum atomic E-state index is -2.93. The second-order valence-electron chi connectivity index (χ2n) is 10.8. The molecule has 3 aromatic rings. The molecule has 0 amide bonds. The predicted octanol–water partition coefficient (Wildman–Crippen LogP) is 4.82. The van der Waals surface area contributed by atoms with Gasteiger partial charge >= 0.3 is 5.97 Å². The Morgan fingerprint density at radius 2 is 1.49 bits per heavy atom. The van der Waals surface area contributed by atoms with Gasteiger partial charge in [-0.15, -0.1) is 0 Å². The van der Waals surface area contributed by atoms with Crippen LogP contribution in [0.15, 0.2) is 96.1 Å². The van der Waals surface area contributed by atoms with E-state index in [1.54, 1.807) is 37.3 Å². The van der Waals surface area contributed by atoms with Gasteiger partial charge in [0.1, 0.15) is 24.5 Å². The molecule has 0 bridgehead atoms. The molecule has 2 unspecified atom stereocenters. The fraction of sp³-hybridized carbons (Fsp3) is 0.367. The highest BCUT2D eigenvalue weighted by Crippen LogP contribution is 2.38. The molecule has 204 valence electrons. The van der Waals surface area contributed by atoms with Gasteiger partial charge in [0.2, 0.25) is 0 Å². The molecule has 5 atom stereocenters. The molecule has 0 radical (unpaired) electrons. The van der Waals surface area contributed by atoms with Crippen molar-refractivity contribution >= 4 is 24.7 Å². The summed E-state index contributed by atoms with van der Waals surface area (Å²) in [6.45, 7) is 8.22. The first-order valence-corrected chi connectivity index (χ1v) is 15.0. The number of hydrogen-bond donors (Lipinski definition) is 1. The van der Waals surface area contributed by atoms with Crippen molar-refractivity contribution in [3.8, 4) is 0 Å². The fourth-order valence-electron chi connectivity index (χ4n) is 5.30. The van der Waals surface area contributed by atoms with E-state index in [2.05, 4.69) is 55.1 Å². The largest absolute Gasteiger partial charge is 0.456 e. The van der Waals surface area contributed by atoms with Crippen molar-refractivity contribution in [2.24, 2.45) is 11.0 Å². The van der Waals surface area contributed by atoms with Gasteiger partial charge in [-0.1, -0.05) is 112 Å². The zero-order valence-corrected chi connectivity index (χ0v) is 23.7. The number of aliphatic hydroxyl groups excluding tert-OH is 1. The van der Waals surface area contributed by atoms with Gasteiger partial charge in [0, 0.05) is 10.8 Å². The summed E-state index contributed by atoms with van der Waals surface area (Å²) in [6, 6.07) is 28.8. The topological polar surface area (TPSA) is 114 Å². The summed E-state index contributed by atoms with van der Waals surface area (Å²) in [5.74, 6) is -1.15. The summed E-state index contributed by atoms with van der Waals surface area (Å²) in [4.78, 5) is 15.8. The third-order valence-electron chi connectivity index (χ3n) is 7.30. The average molecular weight is 546 g/mol. The standard InChI is InChI=1S/C30H35N3O5Si/c1-21-27(38-29(35)22-14-8-5-9-15-22)26(34)25(37-28(21)32-33-31)20-36-39(30(2,3)4,23-16-10-6-11-17-23)24-18-12-7-13-19-24/h5-19,21,25-28,34H,20H2,1-4H3/t21?,25?,26-,27-,28-/m1/s1. The number of esters is 1.